The maximum atomic E-state index is 13.1. The minimum absolute atomic E-state index is 0.690. The van der Waals surface area contributed by atoms with Gasteiger partial charge in [-0.1, -0.05) is 0 Å². The zero-order valence-corrected chi connectivity index (χ0v) is 47.8. The summed E-state index contributed by atoms with van der Waals surface area (Å²) in [6.45, 7) is 9.01. The SMILES string of the molecule is CC(=O)OCC1O[C@H](OCC2O[C@H](O[C@H]3C(COC(C)=O)O[C@H](OCC4O[C@@H](O)[C@@H](OC(C)=O)[C@@H](OC(C)=O)[C@H]4OC(C)=O)[C@@H](OC(C)=O)[C@H]3OC(C)=O)[C@H](OC(C)=O)[C@@H](OC(C)=O)[C@@H]2OC(C)=O)[C@H](OC(C)=O)[C@@H](OC(C)=O)[C@@H]1OC(C)=O. The van der Waals surface area contributed by atoms with Crippen molar-refractivity contribution in [2.45, 2.75) is 213 Å². The van der Waals surface area contributed by atoms with Gasteiger partial charge in [0.15, 0.2) is 92.3 Å². The van der Waals surface area contributed by atoms with Crippen LogP contribution in [0.25, 0.3) is 0 Å². The van der Waals surface area contributed by atoms with Crippen molar-refractivity contribution in [1.29, 1.82) is 0 Å². The second-order valence-electron chi connectivity index (χ2n) is 18.9. The van der Waals surface area contributed by atoms with Crippen LogP contribution < -0.4 is 0 Å². The molecule has 0 aromatic carbocycles. The molecule has 84 heavy (non-hydrogen) atoms. The number of rotatable bonds is 23. The number of aliphatic hydroxyl groups excluding tert-OH is 1. The number of carbonyl (C=O) groups is 13. The summed E-state index contributed by atoms with van der Waals surface area (Å²) in [6.07, 6.45) is -37.3. The highest BCUT2D eigenvalue weighted by Gasteiger charge is 2.60. The molecule has 0 saturated carbocycles. The number of aliphatic hydroxyl groups is 1. The van der Waals surface area contributed by atoms with Crippen LogP contribution >= 0.6 is 0 Å². The van der Waals surface area contributed by atoms with Crippen LogP contribution in [-0.2, 0) is 157 Å². The van der Waals surface area contributed by atoms with E-state index in [-0.39, 0.29) is 0 Å². The molecule has 4 unspecified atom stereocenters. The van der Waals surface area contributed by atoms with Gasteiger partial charge in [0, 0.05) is 90.0 Å². The maximum Gasteiger partial charge on any atom is 0.303 e. The Morgan fingerprint density at radius 3 is 0.810 bits per heavy atom. The van der Waals surface area contributed by atoms with Crippen LogP contribution in [0.5, 0.6) is 0 Å². The standard InChI is InChI=1S/C50H68O34/c1-18(51)65-14-32-36(70-21(4)54)40(73-24(7)57)44(77-28(11)61)48(81-32)68-17-34-37(71-22(5)55)41(74-25(8)58)46(79-30(13)63)50(83-34)84-38-33(15-66-19(2)52)82-49(45(78-29(12)62)42(38)75-26(9)59)67-16-31-35(69-20(3)53)39(72-23(6)56)43(47(64)80-31)76-27(10)60/h31-50,64H,14-17H2,1-13H3/t31?,32?,33?,34?,35-,36+,37+,38-,39-,40-,41-,42-,43-,44+,45-,46+,47+,48-,49-,50+/m0/s1. The summed E-state index contributed by atoms with van der Waals surface area (Å²) >= 11 is 0. The van der Waals surface area contributed by atoms with E-state index in [1.807, 2.05) is 0 Å². The van der Waals surface area contributed by atoms with E-state index in [9.17, 15) is 67.4 Å². The Kier molecular flexibility index (Phi) is 26.1. The third kappa shape index (κ3) is 20.5. The first-order valence-corrected chi connectivity index (χ1v) is 25.6. The molecule has 20 atom stereocenters. The van der Waals surface area contributed by atoms with Crippen LogP contribution in [0.15, 0.2) is 0 Å². The van der Waals surface area contributed by atoms with Crippen molar-refractivity contribution < 1.29 is 162 Å². The summed E-state index contributed by atoms with van der Waals surface area (Å²) in [5.41, 5.74) is 0. The van der Waals surface area contributed by atoms with Crippen molar-refractivity contribution in [2.75, 3.05) is 26.4 Å². The summed E-state index contributed by atoms with van der Waals surface area (Å²) in [7, 11) is 0. The van der Waals surface area contributed by atoms with Gasteiger partial charge in [-0.05, 0) is 0 Å². The predicted octanol–water partition coefficient (Wildman–Crippen LogP) is -2.33. The van der Waals surface area contributed by atoms with Crippen LogP contribution in [-0.4, -0.2) is 232 Å². The minimum atomic E-state index is -2.18. The highest BCUT2D eigenvalue weighted by Crippen LogP contribution is 2.38. The van der Waals surface area contributed by atoms with Crippen molar-refractivity contribution in [3.05, 3.63) is 0 Å². The third-order valence-corrected chi connectivity index (χ3v) is 11.7. The topological polar surface area (TPSA) is 427 Å². The van der Waals surface area contributed by atoms with Crippen LogP contribution in [0.1, 0.15) is 90.0 Å². The van der Waals surface area contributed by atoms with Gasteiger partial charge in [-0.15, -0.1) is 0 Å². The van der Waals surface area contributed by atoms with Crippen LogP contribution in [0.2, 0.25) is 0 Å². The lowest BCUT2D eigenvalue weighted by molar-refractivity contribution is -0.369. The lowest BCUT2D eigenvalue weighted by Gasteiger charge is -2.49. The molecule has 0 spiro atoms. The lowest BCUT2D eigenvalue weighted by Crippen LogP contribution is -2.68. The van der Waals surface area contributed by atoms with E-state index in [4.69, 9.17) is 94.7 Å². The van der Waals surface area contributed by atoms with E-state index in [0.717, 1.165) is 90.0 Å². The molecule has 0 aromatic rings. The predicted molar refractivity (Wildman–Crippen MR) is 258 cm³/mol. The third-order valence-electron chi connectivity index (χ3n) is 11.7. The van der Waals surface area contributed by atoms with Gasteiger partial charge in [0.2, 0.25) is 0 Å². The first-order valence-electron chi connectivity index (χ1n) is 25.6. The summed E-state index contributed by atoms with van der Waals surface area (Å²) < 4.78 is 114. The number of esters is 13. The van der Waals surface area contributed by atoms with E-state index in [0.29, 0.717) is 0 Å². The molecule has 4 heterocycles. The molecule has 4 aliphatic rings. The Hall–Kier alpha value is -7.21. The largest absolute Gasteiger partial charge is 0.463 e. The van der Waals surface area contributed by atoms with Crippen molar-refractivity contribution in [2.24, 2.45) is 0 Å². The van der Waals surface area contributed by atoms with Gasteiger partial charge >= 0.3 is 77.6 Å². The summed E-state index contributed by atoms with van der Waals surface area (Å²) in [5.74, 6) is -13.2. The summed E-state index contributed by atoms with van der Waals surface area (Å²) in [5, 5.41) is 11.0. The second kappa shape index (κ2) is 31.6. The average molecular weight is 1210 g/mol. The number of hydrogen-bond acceptors (Lipinski definition) is 34. The fourth-order valence-electron chi connectivity index (χ4n) is 9.12. The molecule has 472 valence electrons. The van der Waals surface area contributed by atoms with Gasteiger partial charge in [0.05, 0.1) is 13.2 Å². The molecule has 0 amide bonds. The van der Waals surface area contributed by atoms with E-state index < -0.39 is 227 Å². The second-order valence-corrected chi connectivity index (χ2v) is 18.9. The fraction of sp³-hybridized carbons (Fsp3) is 0.740. The summed E-state index contributed by atoms with van der Waals surface area (Å²) in [6, 6.07) is 0. The molecule has 4 fully saturated rings. The van der Waals surface area contributed by atoms with Gasteiger partial charge in [0.25, 0.3) is 0 Å². The molecular weight excluding hydrogens is 1140 g/mol. The maximum absolute atomic E-state index is 13.1. The molecule has 4 aliphatic heterocycles. The van der Waals surface area contributed by atoms with Gasteiger partial charge in [-0.2, -0.15) is 0 Å². The molecule has 4 rings (SSSR count). The zero-order chi connectivity index (χ0) is 63.0. The average Bonchev–Trinajstić information content (AvgIpc) is 2.22. The Bertz CT molecular complexity index is 2410. The molecule has 0 radical (unpaired) electrons. The molecule has 1 N–H and O–H groups in total. The first-order chi connectivity index (χ1) is 39.3. The van der Waals surface area contributed by atoms with Crippen molar-refractivity contribution in [1.82, 2.24) is 0 Å². The van der Waals surface area contributed by atoms with Gasteiger partial charge < -0.3 is 99.8 Å². The fourth-order valence-corrected chi connectivity index (χ4v) is 9.12. The number of hydrogen-bond donors (Lipinski definition) is 1. The van der Waals surface area contributed by atoms with E-state index in [1.165, 1.54) is 0 Å². The lowest BCUT2D eigenvalue weighted by atomic mass is 9.95. The number of ether oxygens (including phenoxy) is 20. The van der Waals surface area contributed by atoms with Crippen LogP contribution in [0.4, 0.5) is 0 Å². The molecular formula is C50H68O34. The highest BCUT2D eigenvalue weighted by atomic mass is 16.8. The molecule has 0 aromatic heterocycles. The van der Waals surface area contributed by atoms with Gasteiger partial charge in [0.1, 0.15) is 43.7 Å². The molecule has 34 nitrogen and oxygen atoms in total. The molecule has 4 saturated heterocycles. The minimum Gasteiger partial charge on any atom is -0.463 e. The van der Waals surface area contributed by atoms with E-state index in [1.54, 1.807) is 0 Å². The summed E-state index contributed by atoms with van der Waals surface area (Å²) in [4.78, 5) is 164. The Labute approximate surface area is 478 Å². The van der Waals surface area contributed by atoms with Crippen molar-refractivity contribution in [3.63, 3.8) is 0 Å². The normalized spacial score (nSPS) is 32.7. The highest BCUT2D eigenvalue weighted by molar-refractivity contribution is 5.71. The first kappa shape index (κ1) is 69.3. The van der Waals surface area contributed by atoms with Gasteiger partial charge in [-0.3, -0.25) is 62.3 Å². The van der Waals surface area contributed by atoms with Crippen molar-refractivity contribution in [3.8, 4) is 0 Å². The smallest absolute Gasteiger partial charge is 0.303 e. The molecule has 0 aliphatic carbocycles. The van der Waals surface area contributed by atoms with E-state index >= 15 is 0 Å². The van der Waals surface area contributed by atoms with Crippen molar-refractivity contribution >= 4 is 77.6 Å². The molecule has 34 heteroatoms. The van der Waals surface area contributed by atoms with E-state index in [2.05, 4.69) is 0 Å². The van der Waals surface area contributed by atoms with Crippen LogP contribution in [0.3, 0.4) is 0 Å². The monoisotopic (exact) mass is 1210 g/mol. The quantitative estimate of drug-likeness (QED) is 0.0828. The molecule has 0 bridgehead atoms. The van der Waals surface area contributed by atoms with Gasteiger partial charge in [-0.25, -0.2) is 0 Å². The number of carbonyl (C=O) groups excluding carboxylic acids is 13. The Morgan fingerprint density at radius 2 is 0.488 bits per heavy atom. The zero-order valence-electron chi connectivity index (χ0n) is 47.8. The van der Waals surface area contributed by atoms with Crippen LogP contribution in [0, 0.1) is 0 Å². The Morgan fingerprint density at radius 1 is 0.262 bits per heavy atom. The Balaban J connectivity index is 1.88.